The summed E-state index contributed by atoms with van der Waals surface area (Å²) >= 11 is 5.09. The predicted octanol–water partition coefficient (Wildman–Crippen LogP) is 1.11. The molecule has 0 saturated carbocycles. The fourth-order valence-electron chi connectivity index (χ4n) is 2.72. The van der Waals surface area contributed by atoms with Crippen molar-refractivity contribution in [2.75, 3.05) is 26.2 Å². The largest absolute Gasteiger partial charge is 0.393 e. The van der Waals surface area contributed by atoms with Gasteiger partial charge in [-0.1, -0.05) is 25.6 Å². The molecule has 2 rings (SSSR count). The van der Waals surface area contributed by atoms with Crippen LogP contribution in [-0.4, -0.2) is 48.2 Å². The Kier molecular flexibility index (Phi) is 4.49. The van der Waals surface area contributed by atoms with E-state index in [1.807, 2.05) is 6.92 Å². The highest BCUT2D eigenvalue weighted by molar-refractivity contribution is 7.86. The average Bonchev–Trinajstić information content (AvgIpc) is 2.40. The third-order valence-corrected chi connectivity index (χ3v) is 6.92. The number of nitrogens with zero attached hydrogens (tertiary/aromatic N) is 2. The number of hydrogen-bond donors (Lipinski definition) is 1. The zero-order chi connectivity index (χ0) is 14.1. The Bertz CT molecular complexity index is 436. The van der Waals surface area contributed by atoms with E-state index in [0.717, 1.165) is 32.1 Å². The fourth-order valence-corrected chi connectivity index (χ4v) is 4.61. The second-order valence-corrected chi connectivity index (χ2v) is 8.16. The van der Waals surface area contributed by atoms with Crippen molar-refractivity contribution in [2.45, 2.75) is 39.0 Å². The van der Waals surface area contributed by atoms with Gasteiger partial charge in [-0.25, -0.2) is 0 Å². The second-order valence-electron chi connectivity index (χ2n) is 5.79. The average molecular weight is 305 g/mol. The summed E-state index contributed by atoms with van der Waals surface area (Å²) in [6, 6.07) is 0. The molecule has 19 heavy (non-hydrogen) atoms. The predicted molar refractivity (Wildman–Crippen MR) is 80.0 cm³/mol. The third-order valence-electron chi connectivity index (χ3n) is 4.39. The van der Waals surface area contributed by atoms with Crippen molar-refractivity contribution in [3.8, 4) is 0 Å². The van der Waals surface area contributed by atoms with Crippen molar-refractivity contribution in [3.63, 3.8) is 0 Å². The zero-order valence-electron chi connectivity index (χ0n) is 11.5. The minimum absolute atomic E-state index is 0.191. The van der Waals surface area contributed by atoms with Gasteiger partial charge >= 0.3 is 0 Å². The molecule has 0 aliphatic carbocycles. The van der Waals surface area contributed by atoms with E-state index in [1.54, 1.807) is 8.61 Å². The standard InChI is InChI=1S/C12H23N3O2S2/c1-12(11(13)18)5-9-15(10-6-12)19(16,17)14-7-3-2-4-8-14/h2-10H2,1H3,(H2,13,18). The summed E-state index contributed by atoms with van der Waals surface area (Å²) in [5.41, 5.74) is 5.56. The molecule has 0 unspecified atom stereocenters. The van der Waals surface area contributed by atoms with Crippen LogP contribution in [0.2, 0.25) is 0 Å². The summed E-state index contributed by atoms with van der Waals surface area (Å²) in [5, 5.41) is 0. The highest BCUT2D eigenvalue weighted by Crippen LogP contribution is 2.33. The highest BCUT2D eigenvalue weighted by atomic mass is 32.2. The van der Waals surface area contributed by atoms with Crippen LogP contribution in [0.15, 0.2) is 0 Å². The third kappa shape index (κ3) is 3.09. The number of thiocarbonyl (C=S) groups is 1. The first-order chi connectivity index (χ1) is 8.86. The summed E-state index contributed by atoms with van der Waals surface area (Å²) in [7, 11) is -3.28. The molecule has 2 fully saturated rings. The molecule has 2 heterocycles. The van der Waals surface area contributed by atoms with Gasteiger partial charge in [0, 0.05) is 31.6 Å². The van der Waals surface area contributed by atoms with E-state index in [4.69, 9.17) is 18.0 Å². The lowest BCUT2D eigenvalue weighted by Gasteiger charge is -2.40. The molecule has 2 saturated heterocycles. The molecule has 0 atom stereocenters. The first kappa shape index (κ1) is 15.2. The summed E-state index contributed by atoms with van der Waals surface area (Å²) < 4.78 is 28.2. The van der Waals surface area contributed by atoms with Crippen molar-refractivity contribution in [2.24, 2.45) is 11.1 Å². The smallest absolute Gasteiger partial charge is 0.281 e. The molecule has 0 aromatic rings. The van der Waals surface area contributed by atoms with Crippen LogP contribution in [0.25, 0.3) is 0 Å². The van der Waals surface area contributed by atoms with Crippen LogP contribution in [0, 0.1) is 5.41 Å². The molecule has 0 radical (unpaired) electrons. The maximum atomic E-state index is 12.5. The van der Waals surface area contributed by atoms with Gasteiger partial charge in [0.05, 0.1) is 4.99 Å². The van der Waals surface area contributed by atoms with Gasteiger partial charge in [0.25, 0.3) is 10.2 Å². The quantitative estimate of drug-likeness (QED) is 0.793. The lowest BCUT2D eigenvalue weighted by atomic mass is 9.81. The van der Waals surface area contributed by atoms with Crippen LogP contribution < -0.4 is 5.73 Å². The monoisotopic (exact) mass is 305 g/mol. The minimum atomic E-state index is -3.28. The molecule has 0 bridgehead atoms. The van der Waals surface area contributed by atoms with Gasteiger partial charge in [-0.3, -0.25) is 0 Å². The molecule has 0 amide bonds. The molecule has 0 aromatic heterocycles. The Labute approximate surface area is 121 Å². The molecule has 2 N–H and O–H groups in total. The summed E-state index contributed by atoms with van der Waals surface area (Å²) in [6.45, 7) is 4.39. The van der Waals surface area contributed by atoms with Crippen molar-refractivity contribution < 1.29 is 8.42 Å². The van der Waals surface area contributed by atoms with E-state index in [0.29, 0.717) is 31.2 Å². The Morgan fingerprint density at radius 2 is 1.53 bits per heavy atom. The molecule has 110 valence electrons. The summed E-state index contributed by atoms with van der Waals surface area (Å²) in [6.07, 6.45) is 4.51. The normalized spacial score (nSPS) is 26.2. The maximum absolute atomic E-state index is 12.5. The molecule has 0 aromatic carbocycles. The topological polar surface area (TPSA) is 66.6 Å². The molecular formula is C12H23N3O2S2. The van der Waals surface area contributed by atoms with Crippen molar-refractivity contribution in [3.05, 3.63) is 0 Å². The number of nitrogens with two attached hydrogens (primary N) is 1. The van der Waals surface area contributed by atoms with E-state index in [2.05, 4.69) is 0 Å². The van der Waals surface area contributed by atoms with Crippen LogP contribution in [0.3, 0.4) is 0 Å². The molecule has 7 heteroatoms. The highest BCUT2D eigenvalue weighted by Gasteiger charge is 2.39. The van der Waals surface area contributed by atoms with Crippen molar-refractivity contribution in [1.29, 1.82) is 0 Å². The van der Waals surface area contributed by atoms with Gasteiger partial charge in [-0.2, -0.15) is 17.0 Å². The van der Waals surface area contributed by atoms with Gasteiger partial charge in [0.15, 0.2) is 0 Å². The molecule has 2 aliphatic rings. The Balaban J connectivity index is 2.02. The first-order valence-electron chi connectivity index (χ1n) is 6.91. The Morgan fingerprint density at radius 1 is 1.05 bits per heavy atom. The molecular weight excluding hydrogens is 282 g/mol. The zero-order valence-corrected chi connectivity index (χ0v) is 13.1. The summed E-state index contributed by atoms with van der Waals surface area (Å²) in [5.74, 6) is 0. The Hall–Kier alpha value is -0.240. The van der Waals surface area contributed by atoms with Crippen molar-refractivity contribution in [1.82, 2.24) is 8.61 Å². The van der Waals surface area contributed by atoms with E-state index in [-0.39, 0.29) is 5.41 Å². The van der Waals surface area contributed by atoms with Crippen LogP contribution in [0.1, 0.15) is 39.0 Å². The van der Waals surface area contributed by atoms with E-state index >= 15 is 0 Å². The Morgan fingerprint density at radius 3 is 2.00 bits per heavy atom. The van der Waals surface area contributed by atoms with Crippen LogP contribution in [-0.2, 0) is 10.2 Å². The van der Waals surface area contributed by atoms with Gasteiger partial charge in [-0.05, 0) is 25.7 Å². The fraction of sp³-hybridized carbons (Fsp3) is 0.917. The van der Waals surface area contributed by atoms with Gasteiger partial charge in [-0.15, -0.1) is 0 Å². The van der Waals surface area contributed by atoms with Gasteiger partial charge < -0.3 is 5.73 Å². The van der Waals surface area contributed by atoms with Gasteiger partial charge in [0.1, 0.15) is 0 Å². The minimum Gasteiger partial charge on any atom is -0.393 e. The second kappa shape index (κ2) is 5.63. The number of rotatable bonds is 3. The van der Waals surface area contributed by atoms with Crippen LogP contribution in [0.5, 0.6) is 0 Å². The maximum Gasteiger partial charge on any atom is 0.281 e. The SMILES string of the molecule is CC1(C(N)=S)CCN(S(=O)(=O)N2CCCCC2)CC1. The summed E-state index contributed by atoms with van der Waals surface area (Å²) in [4.78, 5) is 0.502. The van der Waals surface area contributed by atoms with E-state index < -0.39 is 10.2 Å². The van der Waals surface area contributed by atoms with E-state index in [1.165, 1.54) is 0 Å². The first-order valence-corrected chi connectivity index (χ1v) is 8.72. The number of piperidine rings is 2. The molecule has 5 nitrogen and oxygen atoms in total. The lowest BCUT2D eigenvalue weighted by Crippen LogP contribution is -2.52. The van der Waals surface area contributed by atoms with Crippen molar-refractivity contribution >= 4 is 27.4 Å². The number of hydrogen-bond acceptors (Lipinski definition) is 3. The molecule has 0 spiro atoms. The lowest BCUT2D eigenvalue weighted by molar-refractivity contribution is 0.223. The van der Waals surface area contributed by atoms with Gasteiger partial charge in [0.2, 0.25) is 0 Å². The van der Waals surface area contributed by atoms with Crippen LogP contribution >= 0.6 is 12.2 Å². The van der Waals surface area contributed by atoms with Crippen LogP contribution in [0.4, 0.5) is 0 Å². The van der Waals surface area contributed by atoms with E-state index in [9.17, 15) is 8.42 Å². The molecule has 2 aliphatic heterocycles.